The van der Waals surface area contributed by atoms with Gasteiger partial charge in [0.25, 0.3) is 0 Å². The van der Waals surface area contributed by atoms with Crippen LogP contribution in [0.15, 0.2) is 0 Å². The summed E-state index contributed by atoms with van der Waals surface area (Å²) in [4.78, 5) is 2.61. The molecule has 2 fully saturated rings. The van der Waals surface area contributed by atoms with E-state index in [2.05, 4.69) is 32.6 Å². The number of rotatable bonds is 2. The fourth-order valence-corrected chi connectivity index (χ4v) is 4.80. The van der Waals surface area contributed by atoms with Gasteiger partial charge in [-0.25, -0.2) is 0 Å². The van der Waals surface area contributed by atoms with E-state index in [1.165, 1.54) is 19.3 Å². The van der Waals surface area contributed by atoms with Crippen LogP contribution in [0, 0.1) is 10.8 Å². The van der Waals surface area contributed by atoms with Crippen molar-refractivity contribution in [1.29, 1.82) is 0 Å². The molecule has 0 aromatic carbocycles. The molecule has 0 unspecified atom stereocenters. The molecule has 2 N–H and O–H groups in total. The summed E-state index contributed by atoms with van der Waals surface area (Å²) < 4.78 is 5.50. The smallest absolute Gasteiger partial charge is 0.0594 e. The van der Waals surface area contributed by atoms with E-state index in [0.717, 1.165) is 32.8 Å². The predicted molar refractivity (Wildman–Crippen MR) is 75.6 cm³/mol. The van der Waals surface area contributed by atoms with E-state index in [9.17, 15) is 0 Å². The Morgan fingerprint density at radius 2 is 1.44 bits per heavy atom. The first kappa shape index (κ1) is 14.3. The van der Waals surface area contributed by atoms with E-state index in [1.807, 2.05) is 0 Å². The summed E-state index contributed by atoms with van der Waals surface area (Å²) in [6.45, 7) is 14.2. The van der Waals surface area contributed by atoms with E-state index < -0.39 is 0 Å². The van der Waals surface area contributed by atoms with Crippen LogP contribution in [-0.2, 0) is 4.74 Å². The largest absolute Gasteiger partial charge is 0.379 e. The maximum absolute atomic E-state index is 6.23. The fourth-order valence-electron chi connectivity index (χ4n) is 4.80. The Labute approximate surface area is 112 Å². The van der Waals surface area contributed by atoms with Gasteiger partial charge in [0.2, 0.25) is 0 Å². The molecule has 2 rings (SSSR count). The normalized spacial score (nSPS) is 31.2. The third-order valence-corrected chi connectivity index (χ3v) is 4.63. The van der Waals surface area contributed by atoms with Crippen molar-refractivity contribution in [2.45, 2.75) is 52.5 Å². The van der Waals surface area contributed by atoms with Crippen LogP contribution in [0.4, 0.5) is 0 Å². The summed E-state index contributed by atoms with van der Waals surface area (Å²) in [5.41, 5.74) is 7.19. The minimum absolute atomic E-state index is 0.190. The second-order valence-corrected chi connectivity index (χ2v) is 7.89. The van der Waals surface area contributed by atoms with Gasteiger partial charge < -0.3 is 10.5 Å². The van der Waals surface area contributed by atoms with Crippen LogP contribution >= 0.6 is 0 Å². The molecule has 0 spiro atoms. The predicted octanol–water partition coefficient (Wildman–Crippen LogP) is 2.25. The third-order valence-electron chi connectivity index (χ3n) is 4.63. The van der Waals surface area contributed by atoms with Gasteiger partial charge in [-0.15, -0.1) is 0 Å². The lowest BCUT2D eigenvalue weighted by atomic mass is 9.58. The van der Waals surface area contributed by atoms with Gasteiger partial charge in [-0.3, -0.25) is 4.90 Å². The van der Waals surface area contributed by atoms with E-state index in [0.29, 0.717) is 10.8 Å². The lowest BCUT2D eigenvalue weighted by Gasteiger charge is -2.57. The van der Waals surface area contributed by atoms with Crippen molar-refractivity contribution in [1.82, 2.24) is 4.90 Å². The quantitative estimate of drug-likeness (QED) is 0.821. The summed E-state index contributed by atoms with van der Waals surface area (Å²) >= 11 is 0. The molecule has 106 valence electrons. The molecule has 1 aliphatic carbocycles. The zero-order valence-corrected chi connectivity index (χ0v) is 12.6. The molecular formula is C15H30N2O. The average molecular weight is 254 g/mol. The number of morpholine rings is 1. The van der Waals surface area contributed by atoms with Crippen LogP contribution in [0.5, 0.6) is 0 Å². The van der Waals surface area contributed by atoms with Crippen LogP contribution in [0.2, 0.25) is 0 Å². The van der Waals surface area contributed by atoms with Crippen molar-refractivity contribution in [3.63, 3.8) is 0 Å². The van der Waals surface area contributed by atoms with Gasteiger partial charge in [0.05, 0.1) is 13.2 Å². The van der Waals surface area contributed by atoms with Gasteiger partial charge in [-0.2, -0.15) is 0 Å². The maximum Gasteiger partial charge on any atom is 0.0594 e. The van der Waals surface area contributed by atoms with Crippen LogP contribution in [0.25, 0.3) is 0 Å². The molecule has 2 aliphatic rings. The standard InChI is InChI=1S/C15H30N2O/c1-13(2)9-14(3,4)11-15(10-13,12-16)17-5-7-18-8-6-17/h5-12,16H2,1-4H3. The first-order valence-electron chi connectivity index (χ1n) is 7.32. The van der Waals surface area contributed by atoms with Crippen LogP contribution in [0.3, 0.4) is 0 Å². The summed E-state index contributed by atoms with van der Waals surface area (Å²) in [7, 11) is 0. The Morgan fingerprint density at radius 1 is 0.944 bits per heavy atom. The van der Waals surface area contributed by atoms with Crippen LogP contribution in [0.1, 0.15) is 47.0 Å². The first-order valence-corrected chi connectivity index (χ1v) is 7.32. The highest BCUT2D eigenvalue weighted by molar-refractivity contribution is 5.04. The van der Waals surface area contributed by atoms with E-state index >= 15 is 0 Å². The summed E-state index contributed by atoms with van der Waals surface area (Å²) in [6, 6.07) is 0. The molecule has 0 radical (unpaired) electrons. The molecule has 1 saturated carbocycles. The van der Waals surface area contributed by atoms with Crippen molar-refractivity contribution in [3.05, 3.63) is 0 Å². The van der Waals surface area contributed by atoms with Gasteiger partial charge in [0.15, 0.2) is 0 Å². The highest BCUT2D eigenvalue weighted by Gasteiger charge is 2.49. The Balaban J connectivity index is 2.24. The minimum atomic E-state index is 0.190. The molecule has 3 heteroatoms. The summed E-state index contributed by atoms with van der Waals surface area (Å²) in [5.74, 6) is 0. The van der Waals surface area contributed by atoms with E-state index in [4.69, 9.17) is 10.5 Å². The Kier molecular flexibility index (Phi) is 3.79. The van der Waals surface area contributed by atoms with Gasteiger partial charge >= 0.3 is 0 Å². The molecule has 0 amide bonds. The Bertz CT molecular complexity index is 277. The zero-order chi connectivity index (χ0) is 13.4. The molecular weight excluding hydrogens is 224 g/mol. The maximum atomic E-state index is 6.23. The molecule has 3 nitrogen and oxygen atoms in total. The molecule has 1 heterocycles. The molecule has 1 saturated heterocycles. The highest BCUT2D eigenvalue weighted by atomic mass is 16.5. The van der Waals surface area contributed by atoms with Crippen molar-refractivity contribution in [2.24, 2.45) is 16.6 Å². The molecule has 18 heavy (non-hydrogen) atoms. The van der Waals surface area contributed by atoms with Gasteiger partial charge in [0, 0.05) is 25.2 Å². The minimum Gasteiger partial charge on any atom is -0.379 e. The number of nitrogens with zero attached hydrogens (tertiary/aromatic N) is 1. The number of hydrogen-bond acceptors (Lipinski definition) is 3. The number of nitrogens with two attached hydrogens (primary N) is 1. The second-order valence-electron chi connectivity index (χ2n) is 7.89. The van der Waals surface area contributed by atoms with Crippen LogP contribution in [-0.4, -0.2) is 43.3 Å². The lowest BCUT2D eigenvalue weighted by molar-refractivity contribution is -0.0824. The Hall–Kier alpha value is -0.120. The first-order chi connectivity index (χ1) is 8.29. The monoisotopic (exact) mass is 254 g/mol. The van der Waals surface area contributed by atoms with E-state index in [1.54, 1.807) is 0 Å². The summed E-state index contributed by atoms with van der Waals surface area (Å²) in [5, 5.41) is 0. The topological polar surface area (TPSA) is 38.5 Å². The van der Waals surface area contributed by atoms with Gasteiger partial charge in [-0.05, 0) is 30.1 Å². The SMILES string of the molecule is CC1(C)CC(C)(C)CC(CN)(N2CCOCC2)C1. The lowest BCUT2D eigenvalue weighted by Crippen LogP contribution is -2.63. The molecule has 0 bridgehead atoms. The average Bonchev–Trinajstić information content (AvgIpc) is 2.26. The van der Waals surface area contributed by atoms with E-state index in [-0.39, 0.29) is 5.54 Å². The van der Waals surface area contributed by atoms with Crippen molar-refractivity contribution in [2.75, 3.05) is 32.8 Å². The van der Waals surface area contributed by atoms with Crippen molar-refractivity contribution >= 4 is 0 Å². The molecule has 0 aromatic rings. The third kappa shape index (κ3) is 2.89. The Morgan fingerprint density at radius 3 is 1.89 bits per heavy atom. The summed E-state index contributed by atoms with van der Waals surface area (Å²) in [6.07, 6.45) is 3.74. The zero-order valence-electron chi connectivity index (χ0n) is 12.6. The van der Waals surface area contributed by atoms with Gasteiger partial charge in [-0.1, -0.05) is 27.7 Å². The molecule has 0 atom stereocenters. The number of ether oxygens (including phenoxy) is 1. The van der Waals surface area contributed by atoms with Gasteiger partial charge in [0.1, 0.15) is 0 Å². The number of hydrogen-bond donors (Lipinski definition) is 1. The highest BCUT2D eigenvalue weighted by Crippen LogP contribution is 2.51. The fraction of sp³-hybridized carbons (Fsp3) is 1.00. The second kappa shape index (κ2) is 4.77. The van der Waals surface area contributed by atoms with Crippen molar-refractivity contribution in [3.8, 4) is 0 Å². The molecule has 1 aliphatic heterocycles. The van der Waals surface area contributed by atoms with Crippen molar-refractivity contribution < 1.29 is 4.74 Å². The van der Waals surface area contributed by atoms with Crippen LogP contribution < -0.4 is 5.73 Å². The molecule has 0 aromatic heterocycles.